The van der Waals surface area contributed by atoms with Crippen LogP contribution in [0.3, 0.4) is 0 Å². The maximum atomic E-state index is 8.80. The fourth-order valence-electron chi connectivity index (χ4n) is 1.97. The van der Waals surface area contributed by atoms with Crippen molar-refractivity contribution in [2.24, 2.45) is 0 Å². The second kappa shape index (κ2) is 6.21. The Kier molecular flexibility index (Phi) is 5.17. The van der Waals surface area contributed by atoms with Gasteiger partial charge >= 0.3 is 0 Å². The van der Waals surface area contributed by atoms with Crippen LogP contribution in [0.4, 0.5) is 0 Å². The van der Waals surface area contributed by atoms with E-state index in [1.165, 1.54) is 16.7 Å². The van der Waals surface area contributed by atoms with E-state index in [0.717, 1.165) is 12.3 Å². The molecule has 0 amide bonds. The summed E-state index contributed by atoms with van der Waals surface area (Å²) in [7, 11) is 1.72. The molecule has 18 heavy (non-hydrogen) atoms. The highest BCUT2D eigenvalue weighted by molar-refractivity contribution is 5.45. The van der Waals surface area contributed by atoms with Gasteiger partial charge < -0.3 is 15.2 Å². The van der Waals surface area contributed by atoms with E-state index in [1.54, 1.807) is 7.11 Å². The van der Waals surface area contributed by atoms with E-state index in [0.29, 0.717) is 6.54 Å². The molecule has 0 radical (unpaired) electrons. The molecule has 1 rings (SSSR count). The minimum atomic E-state index is 0.0603. The molecule has 0 aliphatic carbocycles. The first kappa shape index (κ1) is 15.0. The van der Waals surface area contributed by atoms with Gasteiger partial charge in [-0.2, -0.15) is 0 Å². The van der Waals surface area contributed by atoms with Gasteiger partial charge in [-0.3, -0.25) is 0 Å². The summed E-state index contributed by atoms with van der Waals surface area (Å²) in [5, 5.41) is 12.0. The number of rotatable bonds is 5. The molecule has 0 aliphatic rings. The van der Waals surface area contributed by atoms with Crippen molar-refractivity contribution >= 4 is 0 Å². The minimum absolute atomic E-state index is 0.0603. The summed E-state index contributed by atoms with van der Waals surface area (Å²) in [5.41, 5.74) is 3.75. The van der Waals surface area contributed by atoms with Gasteiger partial charge in [-0.25, -0.2) is 0 Å². The number of aliphatic hydroxyl groups is 1. The van der Waals surface area contributed by atoms with Crippen LogP contribution >= 0.6 is 0 Å². The summed E-state index contributed by atoms with van der Waals surface area (Å²) in [6.07, 6.45) is 0. The summed E-state index contributed by atoms with van der Waals surface area (Å²) in [5.74, 6) is 0.950. The van der Waals surface area contributed by atoms with Gasteiger partial charge in [-0.1, -0.05) is 26.8 Å². The van der Waals surface area contributed by atoms with Crippen LogP contribution in [0.2, 0.25) is 0 Å². The van der Waals surface area contributed by atoms with Crippen LogP contribution in [0.1, 0.15) is 37.5 Å². The molecule has 1 aromatic carbocycles. The lowest BCUT2D eigenvalue weighted by Gasteiger charge is -2.24. The van der Waals surface area contributed by atoms with E-state index >= 15 is 0 Å². The molecular weight excluding hydrogens is 226 g/mol. The van der Waals surface area contributed by atoms with Crippen molar-refractivity contribution in [2.45, 2.75) is 39.7 Å². The molecule has 3 nitrogen and oxygen atoms in total. The lowest BCUT2D eigenvalue weighted by molar-refractivity contribution is 0.292. The topological polar surface area (TPSA) is 41.5 Å². The molecular formula is C15H25NO2. The van der Waals surface area contributed by atoms with Gasteiger partial charge in [0.2, 0.25) is 0 Å². The fraction of sp³-hybridized carbons (Fsp3) is 0.600. The molecule has 0 bridgehead atoms. The highest BCUT2D eigenvalue weighted by Gasteiger charge is 2.20. The molecule has 0 aromatic heterocycles. The first-order valence-corrected chi connectivity index (χ1v) is 6.39. The number of hydrogen-bond acceptors (Lipinski definition) is 3. The molecule has 0 saturated heterocycles. The van der Waals surface area contributed by atoms with Crippen molar-refractivity contribution in [1.29, 1.82) is 0 Å². The number of nitrogens with one attached hydrogen (secondary N) is 1. The number of hydrogen-bond donors (Lipinski definition) is 2. The first-order chi connectivity index (χ1) is 8.40. The molecule has 0 saturated carbocycles. The standard InChI is InChI=1S/C15H25NO2/c1-11-8-14(18-5)13(15(2,3)4)9-12(11)10-16-6-7-17/h8-9,16-17H,6-7,10H2,1-5H3. The van der Waals surface area contributed by atoms with Gasteiger partial charge in [0.25, 0.3) is 0 Å². The van der Waals surface area contributed by atoms with Crippen LogP contribution in [0, 0.1) is 6.92 Å². The highest BCUT2D eigenvalue weighted by Crippen LogP contribution is 2.33. The van der Waals surface area contributed by atoms with Crippen LogP contribution < -0.4 is 10.1 Å². The Balaban J connectivity index is 3.06. The lowest BCUT2D eigenvalue weighted by atomic mass is 9.84. The molecule has 0 fully saturated rings. The minimum Gasteiger partial charge on any atom is -0.496 e. The summed E-state index contributed by atoms with van der Waals surface area (Å²) in [6, 6.07) is 4.30. The number of aryl methyl sites for hydroxylation is 1. The van der Waals surface area contributed by atoms with E-state index in [1.807, 2.05) is 0 Å². The molecule has 0 spiro atoms. The Morgan fingerprint density at radius 3 is 2.44 bits per heavy atom. The number of ether oxygens (including phenoxy) is 1. The Bertz CT molecular complexity index is 394. The second-order valence-electron chi connectivity index (χ2n) is 5.63. The number of benzene rings is 1. The van der Waals surface area contributed by atoms with Crippen LogP contribution in [0.25, 0.3) is 0 Å². The zero-order chi connectivity index (χ0) is 13.8. The van der Waals surface area contributed by atoms with E-state index in [9.17, 15) is 0 Å². The van der Waals surface area contributed by atoms with Gasteiger partial charge in [0.1, 0.15) is 5.75 Å². The SMILES string of the molecule is COc1cc(C)c(CNCCO)cc1C(C)(C)C. The molecule has 0 aliphatic heterocycles. The zero-order valence-corrected chi connectivity index (χ0v) is 12.1. The highest BCUT2D eigenvalue weighted by atomic mass is 16.5. The molecule has 0 atom stereocenters. The van der Waals surface area contributed by atoms with E-state index in [2.05, 4.69) is 45.1 Å². The molecule has 2 N–H and O–H groups in total. The predicted molar refractivity (Wildman–Crippen MR) is 75.2 cm³/mol. The van der Waals surface area contributed by atoms with E-state index < -0.39 is 0 Å². The van der Waals surface area contributed by atoms with E-state index in [-0.39, 0.29) is 12.0 Å². The van der Waals surface area contributed by atoms with Crippen molar-refractivity contribution in [1.82, 2.24) is 5.32 Å². The lowest BCUT2D eigenvalue weighted by Crippen LogP contribution is -2.19. The molecule has 3 heteroatoms. The summed E-state index contributed by atoms with van der Waals surface area (Å²) in [4.78, 5) is 0. The van der Waals surface area contributed by atoms with Gasteiger partial charge in [-0.05, 0) is 35.1 Å². The zero-order valence-electron chi connectivity index (χ0n) is 12.1. The summed E-state index contributed by atoms with van der Waals surface area (Å²) < 4.78 is 5.47. The van der Waals surface area contributed by atoms with Gasteiger partial charge in [0.15, 0.2) is 0 Å². The smallest absolute Gasteiger partial charge is 0.122 e. The van der Waals surface area contributed by atoms with Crippen molar-refractivity contribution < 1.29 is 9.84 Å². The largest absolute Gasteiger partial charge is 0.496 e. The monoisotopic (exact) mass is 251 g/mol. The van der Waals surface area contributed by atoms with Crippen LogP contribution in [-0.4, -0.2) is 25.4 Å². The van der Waals surface area contributed by atoms with Crippen molar-refractivity contribution in [3.63, 3.8) is 0 Å². The Labute approximate surface area is 110 Å². The van der Waals surface area contributed by atoms with Gasteiger partial charge in [0.05, 0.1) is 13.7 Å². The average molecular weight is 251 g/mol. The van der Waals surface area contributed by atoms with Crippen LogP contribution in [-0.2, 0) is 12.0 Å². The Morgan fingerprint density at radius 1 is 1.28 bits per heavy atom. The molecule has 1 aromatic rings. The quantitative estimate of drug-likeness (QED) is 0.790. The number of methoxy groups -OCH3 is 1. The molecule has 0 heterocycles. The van der Waals surface area contributed by atoms with Crippen LogP contribution in [0.15, 0.2) is 12.1 Å². The second-order valence-corrected chi connectivity index (χ2v) is 5.63. The third kappa shape index (κ3) is 3.72. The number of aliphatic hydroxyl groups excluding tert-OH is 1. The van der Waals surface area contributed by atoms with Crippen molar-refractivity contribution in [3.8, 4) is 5.75 Å². The van der Waals surface area contributed by atoms with Crippen LogP contribution in [0.5, 0.6) is 5.75 Å². The molecule has 0 unspecified atom stereocenters. The summed E-state index contributed by atoms with van der Waals surface area (Å²) >= 11 is 0. The first-order valence-electron chi connectivity index (χ1n) is 6.39. The third-order valence-corrected chi connectivity index (χ3v) is 3.07. The molecule has 102 valence electrons. The predicted octanol–water partition coefficient (Wildman–Crippen LogP) is 2.38. The maximum absolute atomic E-state index is 8.80. The van der Waals surface area contributed by atoms with Gasteiger partial charge in [0, 0.05) is 13.1 Å². The maximum Gasteiger partial charge on any atom is 0.122 e. The third-order valence-electron chi connectivity index (χ3n) is 3.07. The average Bonchev–Trinajstić information content (AvgIpc) is 2.29. The fourth-order valence-corrected chi connectivity index (χ4v) is 1.97. The van der Waals surface area contributed by atoms with E-state index in [4.69, 9.17) is 9.84 Å². The van der Waals surface area contributed by atoms with Crippen molar-refractivity contribution in [2.75, 3.05) is 20.3 Å². The Morgan fingerprint density at radius 2 is 1.94 bits per heavy atom. The van der Waals surface area contributed by atoms with Gasteiger partial charge in [-0.15, -0.1) is 0 Å². The van der Waals surface area contributed by atoms with Crippen molar-refractivity contribution in [3.05, 3.63) is 28.8 Å². The summed E-state index contributed by atoms with van der Waals surface area (Å²) in [6.45, 7) is 10.2. The Hall–Kier alpha value is -1.06. The normalized spacial score (nSPS) is 11.7.